The van der Waals surface area contributed by atoms with E-state index >= 15 is 0 Å². The van der Waals surface area contributed by atoms with Crippen molar-refractivity contribution in [3.05, 3.63) is 35.5 Å². The Morgan fingerprint density at radius 1 is 1.12 bits per heavy atom. The van der Waals surface area contributed by atoms with E-state index in [1.807, 2.05) is 29.2 Å². The smallest absolute Gasteiger partial charge is 0.232 e. The van der Waals surface area contributed by atoms with Gasteiger partial charge in [-0.25, -0.2) is 9.97 Å². The summed E-state index contributed by atoms with van der Waals surface area (Å²) in [4.78, 5) is 24.8. The highest BCUT2D eigenvalue weighted by Crippen LogP contribution is 2.34. The van der Waals surface area contributed by atoms with Gasteiger partial charge in [0.2, 0.25) is 5.91 Å². The van der Waals surface area contributed by atoms with Crippen LogP contribution in [-0.4, -0.2) is 52.3 Å². The molecule has 1 amide bonds. The standard InChI is InChI=1S/C26H37N3O3S/c1-6-8-14-29(15-9-7-2)23(30)18-33-25-21-17-32-26(3,4)16-22(21)27-24(28-25)19-10-12-20(31-5)13-11-19/h10-13H,6-9,14-18H2,1-5H3. The number of rotatable bonds is 11. The Kier molecular flexibility index (Phi) is 9.15. The highest BCUT2D eigenvalue weighted by atomic mass is 32.2. The molecule has 1 aliphatic heterocycles. The highest BCUT2D eigenvalue weighted by molar-refractivity contribution is 7.99. The molecule has 0 radical (unpaired) electrons. The van der Waals surface area contributed by atoms with Crippen molar-refractivity contribution in [3.63, 3.8) is 0 Å². The average Bonchev–Trinajstić information content (AvgIpc) is 2.81. The van der Waals surface area contributed by atoms with Gasteiger partial charge in [-0.05, 0) is 51.0 Å². The quantitative estimate of drug-likeness (QED) is 0.317. The van der Waals surface area contributed by atoms with Crippen molar-refractivity contribution in [1.29, 1.82) is 0 Å². The Hall–Kier alpha value is -2.12. The van der Waals surface area contributed by atoms with Gasteiger partial charge in [-0.2, -0.15) is 0 Å². The van der Waals surface area contributed by atoms with Crippen LogP contribution in [0.2, 0.25) is 0 Å². The first-order valence-corrected chi connectivity index (χ1v) is 12.9. The number of carbonyl (C=O) groups excluding carboxylic acids is 1. The summed E-state index contributed by atoms with van der Waals surface area (Å²) >= 11 is 1.51. The second kappa shape index (κ2) is 11.8. The number of hydrogen-bond acceptors (Lipinski definition) is 6. The van der Waals surface area contributed by atoms with E-state index in [1.54, 1.807) is 7.11 Å². The third-order valence-electron chi connectivity index (χ3n) is 5.85. The van der Waals surface area contributed by atoms with Crippen molar-refractivity contribution in [2.24, 2.45) is 0 Å². The van der Waals surface area contributed by atoms with E-state index in [0.29, 0.717) is 24.6 Å². The summed E-state index contributed by atoms with van der Waals surface area (Å²) in [5.74, 6) is 2.03. The first kappa shape index (κ1) is 25.5. The zero-order chi connectivity index (χ0) is 23.8. The summed E-state index contributed by atoms with van der Waals surface area (Å²) in [5.41, 5.74) is 2.69. The van der Waals surface area contributed by atoms with Gasteiger partial charge >= 0.3 is 0 Å². The molecule has 1 aliphatic rings. The van der Waals surface area contributed by atoms with Gasteiger partial charge in [0.05, 0.1) is 30.8 Å². The molecule has 1 aromatic heterocycles. The van der Waals surface area contributed by atoms with Gasteiger partial charge in [-0.3, -0.25) is 4.79 Å². The molecule has 2 aromatic rings. The maximum atomic E-state index is 13.0. The summed E-state index contributed by atoms with van der Waals surface area (Å²) in [5, 5.41) is 0.848. The molecule has 3 rings (SSSR count). The lowest BCUT2D eigenvalue weighted by molar-refractivity contribution is -0.128. The molecule has 0 saturated carbocycles. The molecule has 6 nitrogen and oxygen atoms in total. The van der Waals surface area contributed by atoms with Gasteiger partial charge in [0.25, 0.3) is 0 Å². The molecule has 0 spiro atoms. The van der Waals surface area contributed by atoms with Crippen molar-refractivity contribution in [2.45, 2.75) is 77.0 Å². The zero-order valence-electron chi connectivity index (χ0n) is 20.6. The van der Waals surface area contributed by atoms with Crippen molar-refractivity contribution in [1.82, 2.24) is 14.9 Å². The summed E-state index contributed by atoms with van der Waals surface area (Å²) < 4.78 is 11.3. The van der Waals surface area contributed by atoms with Gasteiger partial charge < -0.3 is 14.4 Å². The van der Waals surface area contributed by atoms with Gasteiger partial charge in [0.1, 0.15) is 10.8 Å². The number of nitrogens with zero attached hydrogens (tertiary/aromatic N) is 3. The monoisotopic (exact) mass is 471 g/mol. The van der Waals surface area contributed by atoms with Crippen LogP contribution in [0, 0.1) is 0 Å². The molecule has 1 aromatic carbocycles. The lowest BCUT2D eigenvalue weighted by Gasteiger charge is -2.32. The fourth-order valence-corrected chi connectivity index (χ4v) is 4.73. The van der Waals surface area contributed by atoms with Gasteiger partial charge in [0.15, 0.2) is 5.82 Å². The second-order valence-electron chi connectivity index (χ2n) is 9.11. The minimum atomic E-state index is -0.270. The van der Waals surface area contributed by atoms with E-state index in [0.717, 1.165) is 66.4 Å². The van der Waals surface area contributed by atoms with Crippen molar-refractivity contribution < 1.29 is 14.3 Å². The maximum absolute atomic E-state index is 13.0. The topological polar surface area (TPSA) is 64.6 Å². The molecule has 0 bridgehead atoms. The minimum absolute atomic E-state index is 0.178. The molecule has 2 heterocycles. The molecule has 180 valence electrons. The van der Waals surface area contributed by atoms with Crippen molar-refractivity contribution >= 4 is 17.7 Å². The minimum Gasteiger partial charge on any atom is -0.497 e. The first-order valence-electron chi connectivity index (χ1n) is 12.0. The van der Waals surface area contributed by atoms with Crippen LogP contribution in [0.15, 0.2) is 29.3 Å². The summed E-state index contributed by atoms with van der Waals surface area (Å²) in [6.45, 7) is 10.6. The Balaban J connectivity index is 1.85. The molecule has 0 unspecified atom stereocenters. The van der Waals surface area contributed by atoms with Crippen LogP contribution in [0.3, 0.4) is 0 Å². The van der Waals surface area contributed by atoms with Gasteiger partial charge in [-0.1, -0.05) is 38.5 Å². The fourth-order valence-electron chi connectivity index (χ4n) is 3.79. The van der Waals surface area contributed by atoms with Crippen LogP contribution in [0.25, 0.3) is 11.4 Å². The molecule has 0 N–H and O–H groups in total. The number of amides is 1. The van der Waals surface area contributed by atoms with E-state index in [9.17, 15) is 4.79 Å². The third-order valence-corrected chi connectivity index (χ3v) is 6.85. The lowest BCUT2D eigenvalue weighted by Crippen LogP contribution is -2.35. The average molecular weight is 472 g/mol. The van der Waals surface area contributed by atoms with E-state index in [1.165, 1.54) is 11.8 Å². The molecule has 0 aliphatic carbocycles. The predicted octanol–water partition coefficient (Wildman–Crippen LogP) is 5.52. The van der Waals surface area contributed by atoms with Crippen LogP contribution in [0.4, 0.5) is 0 Å². The number of unbranched alkanes of at least 4 members (excludes halogenated alkanes) is 2. The Labute approximate surface area is 202 Å². The fraction of sp³-hybridized carbons (Fsp3) is 0.577. The third kappa shape index (κ3) is 6.93. The number of fused-ring (bicyclic) bond motifs is 1. The number of hydrogen-bond donors (Lipinski definition) is 0. The predicted molar refractivity (Wildman–Crippen MR) is 134 cm³/mol. The molecule has 7 heteroatoms. The van der Waals surface area contributed by atoms with Crippen LogP contribution in [0.5, 0.6) is 5.75 Å². The van der Waals surface area contributed by atoms with E-state index in [4.69, 9.17) is 19.4 Å². The maximum Gasteiger partial charge on any atom is 0.232 e. The van der Waals surface area contributed by atoms with Crippen molar-refractivity contribution in [2.75, 3.05) is 26.0 Å². The largest absolute Gasteiger partial charge is 0.497 e. The molecule has 33 heavy (non-hydrogen) atoms. The lowest BCUT2D eigenvalue weighted by atomic mass is 9.96. The number of ether oxygens (including phenoxy) is 2. The molecular weight excluding hydrogens is 434 g/mol. The van der Waals surface area contributed by atoms with Gasteiger partial charge in [-0.15, -0.1) is 0 Å². The Morgan fingerprint density at radius 2 is 1.79 bits per heavy atom. The normalized spacial score (nSPS) is 14.6. The molecule has 0 saturated heterocycles. The summed E-state index contributed by atoms with van der Waals surface area (Å²) in [6.07, 6.45) is 4.96. The summed E-state index contributed by atoms with van der Waals surface area (Å²) in [6, 6.07) is 7.78. The number of aromatic nitrogens is 2. The van der Waals surface area contributed by atoms with Crippen molar-refractivity contribution in [3.8, 4) is 17.1 Å². The van der Waals surface area contributed by atoms with E-state index in [-0.39, 0.29) is 11.5 Å². The highest BCUT2D eigenvalue weighted by Gasteiger charge is 2.30. The van der Waals surface area contributed by atoms with E-state index in [2.05, 4.69) is 27.7 Å². The Morgan fingerprint density at radius 3 is 2.39 bits per heavy atom. The molecule has 0 atom stereocenters. The van der Waals surface area contributed by atoms with Crippen LogP contribution < -0.4 is 4.74 Å². The SMILES string of the molecule is CCCCN(CCCC)C(=O)CSc1nc(-c2ccc(OC)cc2)nc2c1COC(C)(C)C2. The number of thioether (sulfide) groups is 1. The number of carbonyl (C=O) groups is 1. The Bertz CT molecular complexity index is 923. The second-order valence-corrected chi connectivity index (χ2v) is 10.1. The number of benzene rings is 1. The molecule has 0 fully saturated rings. The van der Waals surface area contributed by atoms with E-state index < -0.39 is 0 Å². The van der Waals surface area contributed by atoms with Crippen LogP contribution in [-0.2, 0) is 22.6 Å². The first-order chi connectivity index (χ1) is 15.9. The van der Waals surface area contributed by atoms with Crippen LogP contribution in [0.1, 0.15) is 64.6 Å². The molecular formula is C26H37N3O3S. The van der Waals surface area contributed by atoms with Gasteiger partial charge in [0, 0.05) is 30.6 Å². The number of methoxy groups -OCH3 is 1. The summed E-state index contributed by atoms with van der Waals surface area (Å²) in [7, 11) is 1.66. The van der Waals surface area contributed by atoms with Crippen LogP contribution >= 0.6 is 11.8 Å². The zero-order valence-corrected chi connectivity index (χ0v) is 21.5.